The van der Waals surface area contributed by atoms with Crippen molar-refractivity contribution in [1.82, 2.24) is 0 Å². The normalized spacial score (nSPS) is 18.3. The third-order valence-corrected chi connectivity index (χ3v) is 6.87. The molecule has 170 valence electrons. The third kappa shape index (κ3) is 4.47. The Morgan fingerprint density at radius 1 is 0.824 bits per heavy atom. The van der Waals surface area contributed by atoms with Crippen LogP contribution >= 0.6 is 0 Å². The second-order valence-corrected chi connectivity index (χ2v) is 8.93. The van der Waals surface area contributed by atoms with Crippen molar-refractivity contribution in [3.63, 3.8) is 0 Å². The van der Waals surface area contributed by atoms with Crippen molar-refractivity contribution in [2.45, 2.75) is 19.8 Å². The standard InChI is InChI=1S/C18H18O.C14H12O/c1-2-19-12-11-18-16-9-5-3-7-14(16)13-15-8-4-6-10-17(15)18;15-14-12-7-3-1-5-10(12)9-11-6-2-4-8-13(11)14/h3-10,13H,2,11-12H2,1H3;1-8,10,12H,9H2. The first-order valence-electron chi connectivity index (χ1n) is 12.2. The molecule has 0 heterocycles. The fourth-order valence-corrected chi connectivity index (χ4v) is 5.20. The third-order valence-electron chi connectivity index (χ3n) is 6.87. The number of fused-ring (bicyclic) bond motifs is 4. The van der Waals surface area contributed by atoms with Crippen LogP contribution in [0.15, 0.2) is 103 Å². The molecule has 2 unspecified atom stereocenters. The number of hydrogen-bond donors (Lipinski definition) is 0. The molecule has 0 aromatic heterocycles. The molecule has 0 fully saturated rings. The van der Waals surface area contributed by atoms with Crippen LogP contribution in [0.4, 0.5) is 0 Å². The van der Waals surface area contributed by atoms with Crippen LogP contribution < -0.4 is 0 Å². The first-order valence-corrected chi connectivity index (χ1v) is 12.2. The molecule has 0 saturated carbocycles. The van der Waals surface area contributed by atoms with Gasteiger partial charge in [0, 0.05) is 18.1 Å². The van der Waals surface area contributed by atoms with Crippen molar-refractivity contribution in [2.75, 3.05) is 13.2 Å². The lowest BCUT2D eigenvalue weighted by Gasteiger charge is -2.29. The molecule has 0 N–H and O–H groups in total. The summed E-state index contributed by atoms with van der Waals surface area (Å²) in [5.74, 6) is 0.727. The molecule has 0 bridgehead atoms. The maximum atomic E-state index is 12.2. The van der Waals surface area contributed by atoms with Crippen LogP contribution in [0.3, 0.4) is 0 Å². The van der Waals surface area contributed by atoms with E-state index in [9.17, 15) is 4.79 Å². The zero-order chi connectivity index (χ0) is 23.3. The Bertz CT molecular complexity index is 1320. The Morgan fingerprint density at radius 3 is 2.21 bits per heavy atom. The number of benzene rings is 4. The zero-order valence-electron chi connectivity index (χ0n) is 19.6. The first-order chi connectivity index (χ1) is 16.8. The van der Waals surface area contributed by atoms with Crippen LogP contribution in [-0.2, 0) is 17.6 Å². The summed E-state index contributed by atoms with van der Waals surface area (Å²) in [6.45, 7) is 3.61. The largest absolute Gasteiger partial charge is 0.381 e. The number of Topliss-reactive ketones (excluding diaryl/α,β-unsaturated/α-hetero) is 1. The summed E-state index contributed by atoms with van der Waals surface area (Å²) < 4.78 is 5.54. The summed E-state index contributed by atoms with van der Waals surface area (Å²) in [5, 5.41) is 5.32. The lowest BCUT2D eigenvalue weighted by Crippen LogP contribution is -2.29. The highest BCUT2D eigenvalue weighted by Crippen LogP contribution is 2.33. The molecule has 6 rings (SSSR count). The number of carbonyl (C=O) groups excluding carboxylic acids is 1. The summed E-state index contributed by atoms with van der Waals surface area (Å²) in [5.41, 5.74) is 3.52. The van der Waals surface area contributed by atoms with E-state index in [1.54, 1.807) is 0 Å². The van der Waals surface area contributed by atoms with Gasteiger partial charge in [0.15, 0.2) is 5.78 Å². The molecule has 0 spiro atoms. The van der Waals surface area contributed by atoms with E-state index in [2.05, 4.69) is 66.7 Å². The number of ketones is 1. The molecule has 2 nitrogen and oxygen atoms in total. The van der Waals surface area contributed by atoms with Gasteiger partial charge in [0.2, 0.25) is 0 Å². The smallest absolute Gasteiger partial charge is 0.170 e. The molecule has 2 aliphatic rings. The van der Waals surface area contributed by atoms with Gasteiger partial charge in [-0.15, -0.1) is 0 Å². The van der Waals surface area contributed by atoms with E-state index in [0.29, 0.717) is 5.92 Å². The molecular weight excluding hydrogens is 416 g/mol. The zero-order valence-corrected chi connectivity index (χ0v) is 19.6. The first kappa shape index (κ1) is 22.3. The van der Waals surface area contributed by atoms with Crippen LogP contribution in [0, 0.1) is 11.8 Å². The maximum Gasteiger partial charge on any atom is 0.170 e. The molecule has 2 heteroatoms. The van der Waals surface area contributed by atoms with Crippen molar-refractivity contribution >= 4 is 27.3 Å². The average Bonchev–Trinajstić information content (AvgIpc) is 2.89. The molecular formula is C32H30O2. The summed E-state index contributed by atoms with van der Waals surface area (Å²) in [6, 6.07) is 27.5. The van der Waals surface area contributed by atoms with Crippen LogP contribution in [-0.4, -0.2) is 19.0 Å². The van der Waals surface area contributed by atoms with Crippen molar-refractivity contribution in [2.24, 2.45) is 11.8 Å². The van der Waals surface area contributed by atoms with Crippen LogP contribution in [0.25, 0.3) is 21.5 Å². The van der Waals surface area contributed by atoms with Gasteiger partial charge in [-0.3, -0.25) is 4.79 Å². The SMILES string of the molecule is CCOCCc1c2ccccc2cc2ccccc12.O=C1c2ccccc2CC2C=CC=CC12. The van der Waals surface area contributed by atoms with Crippen molar-refractivity contribution in [1.29, 1.82) is 0 Å². The molecule has 0 aliphatic heterocycles. The minimum Gasteiger partial charge on any atom is -0.381 e. The minimum absolute atomic E-state index is 0.0740. The fraction of sp³-hybridized carbons (Fsp3) is 0.219. The van der Waals surface area contributed by atoms with Gasteiger partial charge in [0.1, 0.15) is 0 Å². The highest BCUT2D eigenvalue weighted by atomic mass is 16.5. The predicted molar refractivity (Wildman–Crippen MR) is 141 cm³/mol. The lowest BCUT2D eigenvalue weighted by molar-refractivity contribution is 0.0907. The molecule has 4 aromatic carbocycles. The van der Waals surface area contributed by atoms with Gasteiger partial charge in [-0.1, -0.05) is 97.1 Å². The topological polar surface area (TPSA) is 26.3 Å². The molecule has 4 aromatic rings. The van der Waals surface area contributed by atoms with E-state index in [1.165, 1.54) is 32.7 Å². The Hall–Kier alpha value is -3.49. The van der Waals surface area contributed by atoms with Gasteiger partial charge in [-0.25, -0.2) is 0 Å². The molecule has 0 amide bonds. The number of allylic oxidation sites excluding steroid dienone is 4. The second-order valence-electron chi connectivity index (χ2n) is 8.93. The maximum absolute atomic E-state index is 12.2. The van der Waals surface area contributed by atoms with Crippen LogP contribution in [0.5, 0.6) is 0 Å². The lowest BCUT2D eigenvalue weighted by atomic mass is 9.73. The Balaban J connectivity index is 0.000000145. The fourth-order valence-electron chi connectivity index (χ4n) is 5.20. The summed E-state index contributed by atoms with van der Waals surface area (Å²) in [7, 11) is 0. The Labute approximate surface area is 201 Å². The quantitative estimate of drug-likeness (QED) is 0.242. The Kier molecular flexibility index (Phi) is 6.69. The molecule has 0 radical (unpaired) electrons. The average molecular weight is 447 g/mol. The molecule has 2 atom stereocenters. The highest BCUT2D eigenvalue weighted by molar-refractivity contribution is 6.02. The predicted octanol–water partition coefficient (Wildman–Crippen LogP) is 7.36. The summed E-state index contributed by atoms with van der Waals surface area (Å²) in [6.07, 6.45) is 10.2. The summed E-state index contributed by atoms with van der Waals surface area (Å²) in [4.78, 5) is 12.2. The minimum atomic E-state index is 0.0740. The monoisotopic (exact) mass is 446 g/mol. The van der Waals surface area contributed by atoms with E-state index in [1.807, 2.05) is 43.4 Å². The van der Waals surface area contributed by atoms with Gasteiger partial charge in [0.05, 0.1) is 6.61 Å². The van der Waals surface area contributed by atoms with Crippen molar-refractivity contribution in [3.05, 3.63) is 120 Å². The van der Waals surface area contributed by atoms with Gasteiger partial charge in [-0.2, -0.15) is 0 Å². The van der Waals surface area contributed by atoms with Gasteiger partial charge >= 0.3 is 0 Å². The van der Waals surface area contributed by atoms with Gasteiger partial charge < -0.3 is 4.74 Å². The van der Waals surface area contributed by atoms with Crippen LogP contribution in [0.2, 0.25) is 0 Å². The van der Waals surface area contributed by atoms with E-state index in [-0.39, 0.29) is 11.7 Å². The highest BCUT2D eigenvalue weighted by Gasteiger charge is 2.32. The number of hydrogen-bond acceptors (Lipinski definition) is 2. The van der Waals surface area contributed by atoms with Crippen molar-refractivity contribution in [3.8, 4) is 0 Å². The summed E-state index contributed by atoms with van der Waals surface area (Å²) >= 11 is 0. The number of ether oxygens (including phenoxy) is 1. The van der Waals surface area contributed by atoms with Gasteiger partial charge in [-0.05, 0) is 64.4 Å². The number of rotatable bonds is 4. The van der Waals surface area contributed by atoms with Gasteiger partial charge in [0.25, 0.3) is 0 Å². The van der Waals surface area contributed by atoms with E-state index >= 15 is 0 Å². The van der Waals surface area contributed by atoms with E-state index < -0.39 is 0 Å². The molecule has 34 heavy (non-hydrogen) atoms. The molecule has 2 aliphatic carbocycles. The Morgan fingerprint density at radius 2 is 1.47 bits per heavy atom. The molecule has 0 saturated heterocycles. The number of carbonyl (C=O) groups is 1. The van der Waals surface area contributed by atoms with E-state index in [4.69, 9.17) is 4.74 Å². The second kappa shape index (κ2) is 10.2. The van der Waals surface area contributed by atoms with Crippen LogP contribution in [0.1, 0.15) is 28.4 Å². The van der Waals surface area contributed by atoms with Crippen molar-refractivity contribution < 1.29 is 9.53 Å². The van der Waals surface area contributed by atoms with E-state index in [0.717, 1.165) is 31.6 Å².